The molecule has 3 N–H and O–H groups in total. The molecule has 98 valence electrons. The molecular formula is C12H15FN2O3. The van der Waals surface area contributed by atoms with Crippen LogP contribution in [0.5, 0.6) is 0 Å². The number of aryl methyl sites for hydroxylation is 1. The van der Waals surface area contributed by atoms with Crippen LogP contribution in [0.1, 0.15) is 12.5 Å². The molecule has 1 aromatic carbocycles. The molecule has 0 saturated carbocycles. The number of hydrogen-bond donors (Lipinski definition) is 3. The zero-order valence-corrected chi connectivity index (χ0v) is 10.2. The van der Waals surface area contributed by atoms with Gasteiger partial charge >= 0.3 is 5.97 Å². The highest BCUT2D eigenvalue weighted by molar-refractivity contribution is 5.82. The lowest BCUT2D eigenvalue weighted by Crippen LogP contribution is -2.44. The van der Waals surface area contributed by atoms with Crippen molar-refractivity contribution < 1.29 is 19.1 Å². The Balaban J connectivity index is 2.69. The molecule has 6 heteroatoms. The van der Waals surface area contributed by atoms with E-state index < -0.39 is 23.7 Å². The van der Waals surface area contributed by atoms with Crippen molar-refractivity contribution in [2.45, 2.75) is 19.9 Å². The maximum Gasteiger partial charge on any atom is 0.328 e. The van der Waals surface area contributed by atoms with Crippen LogP contribution in [0, 0.1) is 12.7 Å². The number of aliphatic carboxylic acids is 1. The zero-order chi connectivity index (χ0) is 13.7. The Morgan fingerprint density at radius 2 is 2.11 bits per heavy atom. The molecule has 0 aromatic heterocycles. The van der Waals surface area contributed by atoms with Crippen molar-refractivity contribution in [2.24, 2.45) is 0 Å². The summed E-state index contributed by atoms with van der Waals surface area (Å²) in [7, 11) is 0. The summed E-state index contributed by atoms with van der Waals surface area (Å²) < 4.78 is 13.4. The molecule has 0 aliphatic rings. The third-order valence-corrected chi connectivity index (χ3v) is 2.29. The first-order chi connectivity index (χ1) is 8.40. The van der Waals surface area contributed by atoms with Crippen molar-refractivity contribution in [3.05, 3.63) is 29.6 Å². The Hall–Kier alpha value is -2.11. The normalized spacial score (nSPS) is 11.7. The first-order valence-corrected chi connectivity index (χ1v) is 5.40. The number of amides is 1. The minimum Gasteiger partial charge on any atom is -0.480 e. The largest absolute Gasteiger partial charge is 0.480 e. The summed E-state index contributed by atoms with van der Waals surface area (Å²) in [6, 6.07) is 3.39. The predicted octanol–water partition coefficient (Wildman–Crippen LogP) is 1.14. The lowest BCUT2D eigenvalue weighted by molar-refractivity contribution is -0.141. The Morgan fingerprint density at radius 3 is 2.67 bits per heavy atom. The highest BCUT2D eigenvalue weighted by Crippen LogP contribution is 2.15. The number of carboxylic acids is 1. The maximum atomic E-state index is 13.4. The van der Waals surface area contributed by atoms with Crippen molar-refractivity contribution in [2.75, 3.05) is 11.9 Å². The van der Waals surface area contributed by atoms with Crippen LogP contribution >= 0.6 is 0 Å². The number of benzene rings is 1. The topological polar surface area (TPSA) is 78.4 Å². The maximum absolute atomic E-state index is 13.4. The van der Waals surface area contributed by atoms with E-state index >= 15 is 0 Å². The van der Waals surface area contributed by atoms with Gasteiger partial charge in [-0.15, -0.1) is 0 Å². The molecule has 1 aromatic rings. The predicted molar refractivity (Wildman–Crippen MR) is 64.9 cm³/mol. The van der Waals surface area contributed by atoms with Gasteiger partial charge in [-0.3, -0.25) is 4.79 Å². The van der Waals surface area contributed by atoms with E-state index in [-0.39, 0.29) is 12.2 Å². The van der Waals surface area contributed by atoms with Gasteiger partial charge in [0.2, 0.25) is 5.91 Å². The number of nitrogens with one attached hydrogen (secondary N) is 2. The number of carbonyl (C=O) groups excluding carboxylic acids is 1. The first kappa shape index (κ1) is 14.0. The van der Waals surface area contributed by atoms with Gasteiger partial charge in [0.05, 0.1) is 5.69 Å². The van der Waals surface area contributed by atoms with Gasteiger partial charge in [-0.2, -0.15) is 0 Å². The minimum atomic E-state index is -1.18. The second-order valence-electron chi connectivity index (χ2n) is 3.96. The summed E-state index contributed by atoms with van der Waals surface area (Å²) in [5, 5.41) is 13.8. The van der Waals surface area contributed by atoms with Crippen LogP contribution in [-0.2, 0) is 9.59 Å². The van der Waals surface area contributed by atoms with Gasteiger partial charge in [-0.05, 0) is 24.6 Å². The molecule has 0 saturated heterocycles. The van der Waals surface area contributed by atoms with E-state index in [2.05, 4.69) is 10.6 Å². The van der Waals surface area contributed by atoms with Crippen LogP contribution in [0.2, 0.25) is 0 Å². The average Bonchev–Trinajstić information content (AvgIpc) is 2.27. The van der Waals surface area contributed by atoms with Gasteiger partial charge in [0, 0.05) is 13.5 Å². The van der Waals surface area contributed by atoms with Gasteiger partial charge in [0.15, 0.2) is 0 Å². The summed E-state index contributed by atoms with van der Waals surface area (Å²) in [4.78, 5) is 21.7. The fraction of sp³-hybridized carbons (Fsp3) is 0.333. The van der Waals surface area contributed by atoms with Crippen LogP contribution in [0.15, 0.2) is 18.2 Å². The molecule has 0 bridgehead atoms. The molecule has 0 fully saturated rings. The molecule has 18 heavy (non-hydrogen) atoms. The van der Waals surface area contributed by atoms with Crippen LogP contribution in [-0.4, -0.2) is 29.6 Å². The number of halogens is 1. The van der Waals surface area contributed by atoms with Crippen molar-refractivity contribution >= 4 is 17.6 Å². The quantitative estimate of drug-likeness (QED) is 0.736. The van der Waals surface area contributed by atoms with Crippen LogP contribution < -0.4 is 10.6 Å². The SMILES string of the molecule is CC(=O)NC(CNc1cc(C)ccc1F)C(=O)O. The Bertz CT molecular complexity index is 463. The Kier molecular flexibility index (Phi) is 4.65. The van der Waals surface area contributed by atoms with E-state index in [0.29, 0.717) is 0 Å². The minimum absolute atomic E-state index is 0.0880. The van der Waals surface area contributed by atoms with Crippen molar-refractivity contribution in [3.63, 3.8) is 0 Å². The van der Waals surface area contributed by atoms with Crippen molar-refractivity contribution in [1.82, 2.24) is 5.32 Å². The Labute approximate surface area is 104 Å². The molecule has 5 nitrogen and oxygen atoms in total. The molecule has 1 unspecified atom stereocenters. The van der Waals surface area contributed by atoms with E-state index in [1.807, 2.05) is 0 Å². The lowest BCUT2D eigenvalue weighted by Gasteiger charge is -2.15. The highest BCUT2D eigenvalue weighted by atomic mass is 19.1. The molecule has 0 radical (unpaired) electrons. The number of rotatable bonds is 5. The number of anilines is 1. The summed E-state index contributed by atoms with van der Waals surface area (Å²) in [5.41, 5.74) is 1.07. The zero-order valence-electron chi connectivity index (χ0n) is 10.2. The fourth-order valence-electron chi connectivity index (χ4n) is 1.43. The number of hydrogen-bond acceptors (Lipinski definition) is 3. The van der Waals surface area contributed by atoms with Crippen LogP contribution in [0.4, 0.5) is 10.1 Å². The van der Waals surface area contributed by atoms with E-state index in [4.69, 9.17) is 5.11 Å². The van der Waals surface area contributed by atoms with Crippen LogP contribution in [0.3, 0.4) is 0 Å². The molecular weight excluding hydrogens is 239 g/mol. The molecule has 1 atom stereocenters. The van der Waals surface area contributed by atoms with Gasteiger partial charge in [-0.25, -0.2) is 9.18 Å². The average molecular weight is 254 g/mol. The fourth-order valence-corrected chi connectivity index (χ4v) is 1.43. The summed E-state index contributed by atoms with van der Waals surface area (Å²) in [5.74, 6) is -2.09. The first-order valence-electron chi connectivity index (χ1n) is 5.40. The smallest absolute Gasteiger partial charge is 0.328 e. The summed E-state index contributed by atoms with van der Waals surface area (Å²) >= 11 is 0. The van der Waals surface area contributed by atoms with Crippen molar-refractivity contribution in [3.8, 4) is 0 Å². The molecule has 0 spiro atoms. The standard InChI is InChI=1S/C12H15FN2O3/c1-7-3-4-9(13)10(5-7)14-6-11(12(17)18)15-8(2)16/h3-5,11,14H,6H2,1-2H3,(H,15,16)(H,17,18). The molecule has 0 aliphatic carbocycles. The van der Waals surface area contributed by atoms with Gasteiger partial charge in [-0.1, -0.05) is 6.07 Å². The van der Waals surface area contributed by atoms with E-state index in [0.717, 1.165) is 5.56 Å². The number of carboxylic acid groups (broad SMARTS) is 1. The highest BCUT2D eigenvalue weighted by Gasteiger charge is 2.18. The van der Waals surface area contributed by atoms with Gasteiger partial charge in [0.25, 0.3) is 0 Å². The van der Waals surface area contributed by atoms with Crippen LogP contribution in [0.25, 0.3) is 0 Å². The summed E-state index contributed by atoms with van der Waals surface area (Å²) in [6.07, 6.45) is 0. The second-order valence-corrected chi connectivity index (χ2v) is 3.96. The van der Waals surface area contributed by atoms with E-state index in [1.54, 1.807) is 19.1 Å². The monoisotopic (exact) mass is 254 g/mol. The Morgan fingerprint density at radius 1 is 1.44 bits per heavy atom. The molecule has 1 amide bonds. The third-order valence-electron chi connectivity index (χ3n) is 2.29. The summed E-state index contributed by atoms with van der Waals surface area (Å²) in [6.45, 7) is 2.94. The third kappa shape index (κ3) is 4.04. The lowest BCUT2D eigenvalue weighted by atomic mass is 10.2. The van der Waals surface area contributed by atoms with Crippen molar-refractivity contribution in [1.29, 1.82) is 0 Å². The molecule has 0 heterocycles. The van der Waals surface area contributed by atoms with Gasteiger partial charge < -0.3 is 15.7 Å². The van der Waals surface area contributed by atoms with E-state index in [1.165, 1.54) is 13.0 Å². The number of carbonyl (C=O) groups is 2. The molecule has 0 aliphatic heterocycles. The second kappa shape index (κ2) is 6.00. The van der Waals surface area contributed by atoms with E-state index in [9.17, 15) is 14.0 Å². The molecule has 1 rings (SSSR count). The van der Waals surface area contributed by atoms with Gasteiger partial charge in [0.1, 0.15) is 11.9 Å².